The topological polar surface area (TPSA) is 28.2 Å². The zero-order chi connectivity index (χ0) is 11.7. The van der Waals surface area contributed by atoms with Crippen molar-refractivity contribution in [1.82, 2.24) is 15.2 Å². The Morgan fingerprint density at radius 1 is 1.47 bits per heavy atom. The lowest BCUT2D eigenvalue weighted by atomic mass is 9.87. The van der Waals surface area contributed by atoms with Gasteiger partial charge in [-0.1, -0.05) is 6.92 Å². The van der Waals surface area contributed by atoms with Crippen LogP contribution in [0.1, 0.15) is 37.6 Å². The van der Waals surface area contributed by atoms with Gasteiger partial charge in [0.1, 0.15) is 5.01 Å². The quantitative estimate of drug-likeness (QED) is 0.889. The van der Waals surface area contributed by atoms with E-state index in [-0.39, 0.29) is 5.54 Å². The van der Waals surface area contributed by atoms with E-state index in [0.29, 0.717) is 0 Å². The lowest BCUT2D eigenvalue weighted by Gasteiger charge is -2.41. The van der Waals surface area contributed by atoms with Gasteiger partial charge in [-0.2, -0.15) is 0 Å². The van der Waals surface area contributed by atoms with Gasteiger partial charge in [-0.05, 0) is 32.2 Å². The minimum atomic E-state index is 0.182. The van der Waals surface area contributed by atoms with E-state index >= 15 is 0 Å². The number of likely N-dealkylation sites (tertiary alicyclic amines) is 1. The summed E-state index contributed by atoms with van der Waals surface area (Å²) in [5, 5.41) is 7.29. The second-order valence-corrected chi connectivity index (χ2v) is 6.17. The fraction of sp³-hybridized carbons (Fsp3) is 0.769. The Morgan fingerprint density at radius 2 is 2.24 bits per heavy atom. The number of hydrogen-bond donors (Lipinski definition) is 1. The zero-order valence-electron chi connectivity index (χ0n) is 10.5. The number of aromatic nitrogens is 1. The Hall–Kier alpha value is -0.450. The molecule has 2 aliphatic rings. The highest BCUT2D eigenvalue weighted by molar-refractivity contribution is 7.09. The minimum Gasteiger partial charge on any atom is -0.303 e. The first kappa shape index (κ1) is 11.6. The molecule has 2 heterocycles. The Labute approximate surface area is 107 Å². The van der Waals surface area contributed by atoms with E-state index in [1.165, 1.54) is 50.3 Å². The average Bonchev–Trinajstić information content (AvgIpc) is 2.99. The molecule has 0 atom stereocenters. The molecule has 4 heteroatoms. The summed E-state index contributed by atoms with van der Waals surface area (Å²) in [6, 6.07) is 0.757. The first-order chi connectivity index (χ1) is 8.32. The van der Waals surface area contributed by atoms with Crippen LogP contribution in [0.5, 0.6) is 0 Å². The Bertz CT molecular complexity index is 351. The third-order valence-corrected chi connectivity index (χ3v) is 5.03. The average molecular weight is 251 g/mol. The molecule has 1 N–H and O–H groups in total. The molecule has 0 radical (unpaired) electrons. The summed E-state index contributed by atoms with van der Waals surface area (Å²) in [6.45, 7) is 5.84. The van der Waals surface area contributed by atoms with Crippen molar-refractivity contribution in [2.45, 2.75) is 44.2 Å². The summed E-state index contributed by atoms with van der Waals surface area (Å²) in [6.07, 6.45) is 7.08. The molecular formula is C13H21N3S. The van der Waals surface area contributed by atoms with Crippen molar-refractivity contribution in [3.05, 3.63) is 16.6 Å². The molecular weight excluding hydrogens is 230 g/mol. The first-order valence-electron chi connectivity index (χ1n) is 6.72. The van der Waals surface area contributed by atoms with Crippen LogP contribution in [0.25, 0.3) is 0 Å². The maximum absolute atomic E-state index is 4.58. The maximum atomic E-state index is 4.58. The lowest BCUT2D eigenvalue weighted by Crippen LogP contribution is -2.51. The smallest absolute Gasteiger partial charge is 0.113 e. The van der Waals surface area contributed by atoms with Gasteiger partial charge in [0.15, 0.2) is 0 Å². The van der Waals surface area contributed by atoms with E-state index in [9.17, 15) is 0 Å². The maximum Gasteiger partial charge on any atom is 0.113 e. The molecule has 0 aromatic carbocycles. The number of rotatable bonds is 4. The van der Waals surface area contributed by atoms with Gasteiger partial charge < -0.3 is 10.2 Å². The van der Waals surface area contributed by atoms with Crippen molar-refractivity contribution in [3.63, 3.8) is 0 Å². The van der Waals surface area contributed by atoms with Gasteiger partial charge in [0, 0.05) is 30.7 Å². The van der Waals surface area contributed by atoms with Gasteiger partial charge in [-0.25, -0.2) is 4.98 Å². The highest BCUT2D eigenvalue weighted by Crippen LogP contribution is 2.37. The van der Waals surface area contributed by atoms with Gasteiger partial charge in [0.05, 0.1) is 5.54 Å². The van der Waals surface area contributed by atoms with E-state index in [1.54, 1.807) is 0 Å². The molecule has 1 aromatic rings. The van der Waals surface area contributed by atoms with Gasteiger partial charge in [-0.15, -0.1) is 11.3 Å². The van der Waals surface area contributed by atoms with Crippen molar-refractivity contribution in [2.24, 2.45) is 0 Å². The molecule has 3 nitrogen and oxygen atoms in total. The number of nitrogens with zero attached hydrogens (tertiary/aromatic N) is 2. The van der Waals surface area contributed by atoms with Crippen LogP contribution in [0.2, 0.25) is 0 Å². The van der Waals surface area contributed by atoms with Crippen LogP contribution >= 0.6 is 11.3 Å². The van der Waals surface area contributed by atoms with Gasteiger partial charge in [0.25, 0.3) is 0 Å². The zero-order valence-corrected chi connectivity index (χ0v) is 11.3. The largest absolute Gasteiger partial charge is 0.303 e. The number of thiazole rings is 1. The summed E-state index contributed by atoms with van der Waals surface area (Å²) in [5.41, 5.74) is 0.182. The van der Waals surface area contributed by atoms with E-state index < -0.39 is 0 Å². The van der Waals surface area contributed by atoms with Gasteiger partial charge >= 0.3 is 0 Å². The van der Waals surface area contributed by atoms with Crippen LogP contribution in [0.4, 0.5) is 0 Å². The van der Waals surface area contributed by atoms with Crippen LogP contribution in [0.3, 0.4) is 0 Å². The number of piperidine rings is 1. The first-order valence-corrected chi connectivity index (χ1v) is 7.60. The third kappa shape index (κ3) is 2.39. The molecule has 94 valence electrons. The molecule has 1 aromatic heterocycles. The monoisotopic (exact) mass is 251 g/mol. The van der Waals surface area contributed by atoms with Gasteiger partial charge in [-0.3, -0.25) is 0 Å². The summed E-state index contributed by atoms with van der Waals surface area (Å²) in [4.78, 5) is 7.12. The number of nitrogens with one attached hydrogen (secondary N) is 1. The summed E-state index contributed by atoms with van der Waals surface area (Å²) in [5.74, 6) is 0. The normalized spacial score (nSPS) is 25.0. The lowest BCUT2D eigenvalue weighted by molar-refractivity contribution is 0.137. The fourth-order valence-electron chi connectivity index (χ4n) is 2.75. The van der Waals surface area contributed by atoms with Crippen LogP contribution in [-0.4, -0.2) is 35.6 Å². The molecule has 1 saturated carbocycles. The standard InChI is InChI=1S/C13H21N3S/c1-2-16-8-5-13(6-9-16,15-11-3-4-11)12-14-7-10-17-12/h7,10-11,15H,2-6,8-9H2,1H3. The molecule has 0 spiro atoms. The Balaban J connectivity index is 1.77. The van der Waals surface area contributed by atoms with E-state index in [4.69, 9.17) is 0 Å². The fourth-order valence-corrected chi connectivity index (χ4v) is 3.61. The van der Waals surface area contributed by atoms with Gasteiger partial charge in [0.2, 0.25) is 0 Å². The van der Waals surface area contributed by atoms with Crippen LogP contribution in [0, 0.1) is 0 Å². The molecule has 3 rings (SSSR count). The molecule has 1 saturated heterocycles. The number of hydrogen-bond acceptors (Lipinski definition) is 4. The van der Waals surface area contributed by atoms with Crippen LogP contribution in [-0.2, 0) is 5.54 Å². The molecule has 17 heavy (non-hydrogen) atoms. The SMILES string of the molecule is CCN1CCC(NC2CC2)(c2nccs2)CC1. The summed E-state index contributed by atoms with van der Waals surface area (Å²) in [7, 11) is 0. The van der Waals surface area contributed by atoms with Crippen molar-refractivity contribution in [1.29, 1.82) is 0 Å². The summed E-state index contributed by atoms with van der Waals surface area (Å²) < 4.78 is 0. The van der Waals surface area contributed by atoms with E-state index in [0.717, 1.165) is 6.04 Å². The summed E-state index contributed by atoms with van der Waals surface area (Å²) >= 11 is 1.81. The molecule has 1 aliphatic carbocycles. The Morgan fingerprint density at radius 3 is 2.76 bits per heavy atom. The second kappa shape index (κ2) is 4.67. The molecule has 1 aliphatic heterocycles. The van der Waals surface area contributed by atoms with Crippen LogP contribution < -0.4 is 5.32 Å². The van der Waals surface area contributed by atoms with Crippen molar-refractivity contribution < 1.29 is 0 Å². The van der Waals surface area contributed by atoms with Crippen molar-refractivity contribution in [3.8, 4) is 0 Å². The highest BCUT2D eigenvalue weighted by Gasteiger charge is 2.41. The van der Waals surface area contributed by atoms with E-state index in [1.807, 2.05) is 17.5 Å². The third-order valence-electron chi connectivity index (χ3n) is 4.06. The Kier molecular flexibility index (Phi) is 3.19. The molecule has 0 unspecified atom stereocenters. The highest BCUT2D eigenvalue weighted by atomic mass is 32.1. The predicted molar refractivity (Wildman–Crippen MR) is 71.3 cm³/mol. The minimum absolute atomic E-state index is 0.182. The molecule has 0 bridgehead atoms. The molecule has 0 amide bonds. The van der Waals surface area contributed by atoms with Crippen LogP contribution in [0.15, 0.2) is 11.6 Å². The van der Waals surface area contributed by atoms with Crippen molar-refractivity contribution >= 4 is 11.3 Å². The van der Waals surface area contributed by atoms with Crippen molar-refractivity contribution in [2.75, 3.05) is 19.6 Å². The predicted octanol–water partition coefficient (Wildman–Crippen LogP) is 2.21. The molecule has 2 fully saturated rings. The van der Waals surface area contributed by atoms with E-state index in [2.05, 4.69) is 27.5 Å². The second-order valence-electron chi connectivity index (χ2n) is 5.27.